The Bertz CT molecular complexity index is 189. The zero-order valence-corrected chi connectivity index (χ0v) is 7.88. The van der Waals surface area contributed by atoms with Gasteiger partial charge in [0.1, 0.15) is 0 Å². The second-order valence-electron chi connectivity index (χ2n) is 3.94. The van der Waals surface area contributed by atoms with Crippen LogP contribution in [-0.4, -0.2) is 37.1 Å². The fraction of sp³-hybridized carbons (Fsp3) is 0.889. The van der Waals surface area contributed by atoms with Crippen LogP contribution in [0.2, 0.25) is 0 Å². The molecule has 2 heterocycles. The van der Waals surface area contributed by atoms with Gasteiger partial charge in [-0.15, -0.1) is 0 Å². The first kappa shape index (κ1) is 8.97. The normalized spacial score (nSPS) is 30.5. The molecule has 0 spiro atoms. The molecule has 4 nitrogen and oxygen atoms in total. The summed E-state index contributed by atoms with van der Waals surface area (Å²) >= 11 is 0. The van der Waals surface area contributed by atoms with Gasteiger partial charge in [0.15, 0.2) is 0 Å². The maximum atomic E-state index is 11.1. The van der Waals surface area contributed by atoms with Crippen molar-refractivity contribution >= 4 is 5.91 Å². The fourth-order valence-electron chi connectivity index (χ4n) is 2.04. The molecule has 2 rings (SSSR count). The van der Waals surface area contributed by atoms with Crippen molar-refractivity contribution in [3.63, 3.8) is 0 Å². The summed E-state index contributed by atoms with van der Waals surface area (Å²) in [7, 11) is 0. The molecule has 0 aromatic rings. The average Bonchev–Trinajstić information content (AvgIpc) is 2.57. The molecule has 2 saturated heterocycles. The number of carbonyl (C=O) groups excluding carboxylic acids is 1. The van der Waals surface area contributed by atoms with Gasteiger partial charge in [-0.1, -0.05) is 0 Å². The molecule has 74 valence electrons. The topological polar surface area (TPSA) is 44.4 Å². The van der Waals surface area contributed by atoms with E-state index in [1.807, 2.05) is 0 Å². The number of rotatable bonds is 2. The van der Waals surface area contributed by atoms with Crippen LogP contribution in [0.4, 0.5) is 0 Å². The number of hydrogen-bond acceptors (Lipinski definition) is 3. The third kappa shape index (κ3) is 2.42. The molecule has 2 aliphatic heterocycles. The van der Waals surface area contributed by atoms with Gasteiger partial charge in [0.25, 0.3) is 0 Å². The van der Waals surface area contributed by atoms with Gasteiger partial charge in [-0.2, -0.15) is 0 Å². The minimum atomic E-state index is 0.178. The lowest BCUT2D eigenvalue weighted by Crippen LogP contribution is -2.48. The predicted molar refractivity (Wildman–Crippen MR) is 49.9 cm³/mol. The molecular weight excluding hydrogens is 166 g/mol. The standard InChI is InChI=1S/C9H17N3O/c13-9-2-1-5-12(11-9)7-8-3-4-10-6-8/h8,10H,1-7H2,(H,11,13). The van der Waals surface area contributed by atoms with Crippen molar-refractivity contribution in [1.29, 1.82) is 0 Å². The summed E-state index contributed by atoms with van der Waals surface area (Å²) in [5.41, 5.74) is 2.91. The van der Waals surface area contributed by atoms with E-state index in [-0.39, 0.29) is 5.91 Å². The van der Waals surface area contributed by atoms with E-state index in [1.165, 1.54) is 6.42 Å². The molecular formula is C9H17N3O. The number of nitrogens with zero attached hydrogens (tertiary/aromatic N) is 1. The molecule has 4 heteroatoms. The lowest BCUT2D eigenvalue weighted by molar-refractivity contribution is -0.129. The van der Waals surface area contributed by atoms with E-state index in [0.717, 1.165) is 38.5 Å². The Kier molecular flexibility index (Phi) is 2.80. The Morgan fingerprint density at radius 3 is 3.15 bits per heavy atom. The second-order valence-corrected chi connectivity index (χ2v) is 3.94. The third-order valence-electron chi connectivity index (χ3n) is 2.76. The van der Waals surface area contributed by atoms with Crippen molar-refractivity contribution in [3.05, 3.63) is 0 Å². The van der Waals surface area contributed by atoms with E-state index < -0.39 is 0 Å². The first-order chi connectivity index (χ1) is 6.34. The first-order valence-electron chi connectivity index (χ1n) is 5.10. The second kappa shape index (κ2) is 4.07. The molecule has 2 aliphatic rings. The first-order valence-corrected chi connectivity index (χ1v) is 5.10. The van der Waals surface area contributed by atoms with Crippen LogP contribution in [0.25, 0.3) is 0 Å². The highest BCUT2D eigenvalue weighted by atomic mass is 16.2. The summed E-state index contributed by atoms with van der Waals surface area (Å²) in [6.45, 7) is 4.26. The smallest absolute Gasteiger partial charge is 0.234 e. The van der Waals surface area contributed by atoms with Crippen molar-refractivity contribution in [1.82, 2.24) is 15.8 Å². The highest BCUT2D eigenvalue weighted by Gasteiger charge is 2.21. The monoisotopic (exact) mass is 183 g/mol. The summed E-state index contributed by atoms with van der Waals surface area (Å²) in [4.78, 5) is 11.1. The van der Waals surface area contributed by atoms with Crippen molar-refractivity contribution in [2.45, 2.75) is 19.3 Å². The molecule has 0 aliphatic carbocycles. The number of nitrogens with one attached hydrogen (secondary N) is 2. The van der Waals surface area contributed by atoms with E-state index >= 15 is 0 Å². The number of hydrazine groups is 1. The van der Waals surface area contributed by atoms with Crippen molar-refractivity contribution in [2.75, 3.05) is 26.2 Å². The molecule has 1 unspecified atom stereocenters. The Morgan fingerprint density at radius 1 is 1.54 bits per heavy atom. The van der Waals surface area contributed by atoms with Crippen LogP contribution in [0.15, 0.2) is 0 Å². The molecule has 2 fully saturated rings. The highest BCUT2D eigenvalue weighted by molar-refractivity contribution is 5.75. The summed E-state index contributed by atoms with van der Waals surface area (Å²) in [5.74, 6) is 0.899. The van der Waals surface area contributed by atoms with Crippen LogP contribution in [-0.2, 0) is 4.79 Å². The molecule has 2 N–H and O–H groups in total. The maximum absolute atomic E-state index is 11.1. The van der Waals surface area contributed by atoms with Gasteiger partial charge in [-0.25, -0.2) is 5.01 Å². The van der Waals surface area contributed by atoms with Gasteiger partial charge in [0, 0.05) is 19.5 Å². The zero-order chi connectivity index (χ0) is 9.10. The molecule has 0 saturated carbocycles. The lowest BCUT2D eigenvalue weighted by Gasteiger charge is -2.29. The zero-order valence-electron chi connectivity index (χ0n) is 7.88. The summed E-state index contributed by atoms with van der Waals surface area (Å²) in [6, 6.07) is 0. The molecule has 13 heavy (non-hydrogen) atoms. The van der Waals surface area contributed by atoms with E-state index in [1.54, 1.807) is 0 Å². The molecule has 1 atom stereocenters. The van der Waals surface area contributed by atoms with E-state index in [9.17, 15) is 4.79 Å². The Hall–Kier alpha value is -0.610. The van der Waals surface area contributed by atoms with E-state index in [0.29, 0.717) is 6.42 Å². The fourth-order valence-corrected chi connectivity index (χ4v) is 2.04. The summed E-state index contributed by atoms with van der Waals surface area (Å²) in [6.07, 6.45) is 2.94. The average molecular weight is 183 g/mol. The van der Waals surface area contributed by atoms with E-state index in [2.05, 4.69) is 15.8 Å². The highest BCUT2D eigenvalue weighted by Crippen LogP contribution is 2.10. The lowest BCUT2D eigenvalue weighted by atomic mass is 10.1. The van der Waals surface area contributed by atoms with Crippen LogP contribution in [0.5, 0.6) is 0 Å². The van der Waals surface area contributed by atoms with Crippen LogP contribution < -0.4 is 10.7 Å². The Labute approximate surface area is 78.6 Å². The maximum Gasteiger partial charge on any atom is 0.234 e. The minimum absolute atomic E-state index is 0.178. The van der Waals surface area contributed by atoms with Gasteiger partial charge in [0.05, 0.1) is 0 Å². The van der Waals surface area contributed by atoms with Crippen LogP contribution in [0.1, 0.15) is 19.3 Å². The largest absolute Gasteiger partial charge is 0.316 e. The van der Waals surface area contributed by atoms with Gasteiger partial charge in [-0.3, -0.25) is 10.2 Å². The van der Waals surface area contributed by atoms with Crippen LogP contribution >= 0.6 is 0 Å². The predicted octanol–water partition coefficient (Wildman–Crippen LogP) is -0.277. The number of carbonyl (C=O) groups is 1. The SMILES string of the molecule is O=C1CCCN(CC2CCNC2)N1. The van der Waals surface area contributed by atoms with Crippen LogP contribution in [0.3, 0.4) is 0 Å². The van der Waals surface area contributed by atoms with E-state index in [4.69, 9.17) is 0 Å². The summed E-state index contributed by atoms with van der Waals surface area (Å²) in [5, 5.41) is 5.41. The van der Waals surface area contributed by atoms with Gasteiger partial charge < -0.3 is 5.32 Å². The Morgan fingerprint density at radius 2 is 2.46 bits per heavy atom. The Balaban J connectivity index is 1.76. The molecule has 0 radical (unpaired) electrons. The summed E-state index contributed by atoms with van der Waals surface area (Å²) < 4.78 is 0. The molecule has 1 amide bonds. The van der Waals surface area contributed by atoms with Gasteiger partial charge in [0.2, 0.25) is 5.91 Å². The van der Waals surface area contributed by atoms with Crippen molar-refractivity contribution in [3.8, 4) is 0 Å². The quantitative estimate of drug-likeness (QED) is 0.619. The number of hydrogen-bond donors (Lipinski definition) is 2. The number of amides is 1. The molecule has 0 aromatic heterocycles. The minimum Gasteiger partial charge on any atom is -0.316 e. The van der Waals surface area contributed by atoms with Crippen LogP contribution in [0, 0.1) is 5.92 Å². The van der Waals surface area contributed by atoms with Gasteiger partial charge in [-0.05, 0) is 31.8 Å². The molecule has 0 aromatic carbocycles. The van der Waals surface area contributed by atoms with Crippen molar-refractivity contribution in [2.24, 2.45) is 5.92 Å². The van der Waals surface area contributed by atoms with Gasteiger partial charge >= 0.3 is 0 Å². The molecule has 0 bridgehead atoms. The third-order valence-corrected chi connectivity index (χ3v) is 2.76. The van der Waals surface area contributed by atoms with Crippen molar-refractivity contribution < 1.29 is 4.79 Å².